The van der Waals surface area contributed by atoms with Crippen molar-refractivity contribution in [2.45, 2.75) is 51.8 Å². The van der Waals surface area contributed by atoms with Crippen LogP contribution in [0.3, 0.4) is 0 Å². The first-order chi connectivity index (χ1) is 19.1. The Balaban J connectivity index is 1.31. The third kappa shape index (κ3) is 5.04. The quantitative estimate of drug-likeness (QED) is 0.306. The van der Waals surface area contributed by atoms with Crippen molar-refractivity contribution in [1.29, 1.82) is 0 Å². The lowest BCUT2D eigenvalue weighted by Crippen LogP contribution is -2.44. The van der Waals surface area contributed by atoms with E-state index in [0.717, 1.165) is 65.8 Å². The number of carbonyl (C=O) groups is 2. The Morgan fingerprint density at radius 2 is 1.69 bits per heavy atom. The fraction of sp³-hybridized carbons (Fsp3) is 0.303. The van der Waals surface area contributed by atoms with Gasteiger partial charge in [-0.2, -0.15) is 0 Å². The van der Waals surface area contributed by atoms with Gasteiger partial charge in [0.2, 0.25) is 0 Å². The van der Waals surface area contributed by atoms with Crippen LogP contribution in [-0.2, 0) is 35.5 Å². The van der Waals surface area contributed by atoms with E-state index in [2.05, 4.69) is 23.1 Å². The molecule has 0 aliphatic carbocycles. The minimum Gasteiger partial charge on any atom is -0.449 e. The summed E-state index contributed by atoms with van der Waals surface area (Å²) in [6, 6.07) is 26.1. The molecule has 6 heteroatoms. The van der Waals surface area contributed by atoms with Crippen molar-refractivity contribution in [2.75, 3.05) is 18.0 Å². The van der Waals surface area contributed by atoms with Crippen LogP contribution in [0.1, 0.15) is 52.5 Å². The summed E-state index contributed by atoms with van der Waals surface area (Å²) in [7, 11) is 0. The van der Waals surface area contributed by atoms with Crippen LogP contribution in [0.4, 0.5) is 5.69 Å². The number of para-hydroxylation sites is 2. The summed E-state index contributed by atoms with van der Waals surface area (Å²) < 4.78 is 6.07. The summed E-state index contributed by atoms with van der Waals surface area (Å²) >= 11 is 0. The summed E-state index contributed by atoms with van der Waals surface area (Å²) in [5.41, 5.74) is 6.48. The van der Waals surface area contributed by atoms with Gasteiger partial charge in [0.15, 0.2) is 6.10 Å². The summed E-state index contributed by atoms with van der Waals surface area (Å²) in [6.07, 6.45) is 2.16. The molecular formula is C33H33N3O3. The minimum atomic E-state index is -0.852. The highest BCUT2D eigenvalue weighted by Crippen LogP contribution is 2.31. The van der Waals surface area contributed by atoms with Crippen molar-refractivity contribution in [3.05, 3.63) is 107 Å². The second kappa shape index (κ2) is 11.0. The average Bonchev–Trinajstić information content (AvgIpc) is 2.98. The van der Waals surface area contributed by atoms with E-state index in [0.29, 0.717) is 25.1 Å². The van der Waals surface area contributed by atoms with Gasteiger partial charge in [0.05, 0.1) is 11.1 Å². The van der Waals surface area contributed by atoms with Gasteiger partial charge in [0.1, 0.15) is 0 Å². The first-order valence-corrected chi connectivity index (χ1v) is 13.9. The molecule has 0 saturated carbocycles. The Bertz CT molecular complexity index is 1520. The average molecular weight is 520 g/mol. The number of aryl methyl sites for hydroxylation is 1. The lowest BCUT2D eigenvalue weighted by atomic mass is 9.95. The van der Waals surface area contributed by atoms with Gasteiger partial charge in [-0.05, 0) is 42.5 Å². The lowest BCUT2D eigenvalue weighted by Gasteiger charge is -2.32. The Kier molecular flexibility index (Phi) is 7.12. The van der Waals surface area contributed by atoms with Crippen molar-refractivity contribution in [3.63, 3.8) is 0 Å². The van der Waals surface area contributed by atoms with Gasteiger partial charge < -0.3 is 9.64 Å². The number of carbonyl (C=O) groups excluding carboxylic acids is 2. The van der Waals surface area contributed by atoms with Crippen molar-refractivity contribution in [2.24, 2.45) is 0 Å². The zero-order valence-electron chi connectivity index (χ0n) is 22.3. The molecule has 3 heterocycles. The summed E-state index contributed by atoms with van der Waals surface area (Å²) in [6.45, 7) is 4.80. The van der Waals surface area contributed by atoms with Crippen molar-refractivity contribution in [3.8, 4) is 0 Å². The predicted octanol–water partition coefficient (Wildman–Crippen LogP) is 5.71. The van der Waals surface area contributed by atoms with E-state index >= 15 is 0 Å². The molecule has 1 aromatic heterocycles. The molecule has 0 bridgehead atoms. The van der Waals surface area contributed by atoms with E-state index in [4.69, 9.17) is 9.72 Å². The van der Waals surface area contributed by atoms with Crippen LogP contribution in [0.15, 0.2) is 78.9 Å². The number of fused-ring (bicyclic) bond motifs is 3. The molecule has 0 spiro atoms. The Hall–Kier alpha value is -4.03. The molecule has 198 valence electrons. The van der Waals surface area contributed by atoms with Crippen LogP contribution in [0.2, 0.25) is 0 Å². The number of ether oxygens (including phenoxy) is 1. The molecule has 0 saturated heterocycles. The molecule has 39 heavy (non-hydrogen) atoms. The van der Waals surface area contributed by atoms with Gasteiger partial charge in [0, 0.05) is 54.9 Å². The van der Waals surface area contributed by atoms with Crippen molar-refractivity contribution >= 4 is 28.5 Å². The SMILES string of the molecule is CCC(OC(=O)c1c2c(nc3ccccc13)CCN(Cc1ccccc1)C2)C(=O)N1CCCc2ccccc21. The van der Waals surface area contributed by atoms with Crippen LogP contribution in [0.25, 0.3) is 10.9 Å². The van der Waals surface area contributed by atoms with E-state index in [1.54, 1.807) is 4.90 Å². The van der Waals surface area contributed by atoms with Gasteiger partial charge >= 0.3 is 5.97 Å². The molecule has 6 nitrogen and oxygen atoms in total. The Labute approximate surface area is 229 Å². The first-order valence-electron chi connectivity index (χ1n) is 13.9. The Morgan fingerprint density at radius 1 is 0.923 bits per heavy atom. The largest absolute Gasteiger partial charge is 0.449 e. The van der Waals surface area contributed by atoms with Gasteiger partial charge in [-0.15, -0.1) is 0 Å². The number of anilines is 1. The van der Waals surface area contributed by atoms with Gasteiger partial charge in [-0.25, -0.2) is 4.79 Å². The molecular weight excluding hydrogens is 486 g/mol. The molecule has 0 fully saturated rings. The number of benzene rings is 3. The number of esters is 1. The number of aromatic nitrogens is 1. The van der Waals surface area contributed by atoms with E-state index in [9.17, 15) is 9.59 Å². The van der Waals surface area contributed by atoms with Crippen LogP contribution in [0.5, 0.6) is 0 Å². The summed E-state index contributed by atoms with van der Waals surface area (Å²) in [5.74, 6) is -0.604. The van der Waals surface area contributed by atoms with E-state index in [1.165, 1.54) is 5.56 Å². The zero-order chi connectivity index (χ0) is 26.8. The maximum Gasteiger partial charge on any atom is 0.340 e. The number of pyridine rings is 1. The van der Waals surface area contributed by atoms with Gasteiger partial charge in [-0.1, -0.05) is 73.7 Å². The van der Waals surface area contributed by atoms with E-state index < -0.39 is 12.1 Å². The topological polar surface area (TPSA) is 62.7 Å². The molecule has 0 radical (unpaired) electrons. The fourth-order valence-electron chi connectivity index (χ4n) is 5.89. The molecule has 3 aromatic carbocycles. The standard InChI is InChI=1S/C33H33N3O3/c1-2-30(32(37)36-19-10-14-24-13-6-9-17-29(24)36)39-33(38)31-25-15-7-8-16-27(25)34-28-18-20-35(22-26(28)31)21-23-11-4-3-5-12-23/h3-9,11-13,15-17,30H,2,10,14,18-22H2,1H3. The van der Waals surface area contributed by atoms with Gasteiger partial charge in [0.25, 0.3) is 5.91 Å². The predicted molar refractivity (Wildman–Crippen MR) is 153 cm³/mol. The van der Waals surface area contributed by atoms with E-state index in [-0.39, 0.29) is 5.91 Å². The fourth-order valence-corrected chi connectivity index (χ4v) is 5.89. The van der Waals surface area contributed by atoms with Crippen LogP contribution >= 0.6 is 0 Å². The molecule has 0 N–H and O–H groups in total. The third-order valence-corrected chi connectivity index (χ3v) is 7.85. The molecule has 6 rings (SSSR count). The first kappa shape index (κ1) is 25.3. The highest BCUT2D eigenvalue weighted by atomic mass is 16.5. The highest BCUT2D eigenvalue weighted by Gasteiger charge is 2.33. The zero-order valence-corrected chi connectivity index (χ0v) is 22.3. The smallest absolute Gasteiger partial charge is 0.340 e. The number of hydrogen-bond donors (Lipinski definition) is 0. The lowest BCUT2D eigenvalue weighted by molar-refractivity contribution is -0.127. The third-order valence-electron chi connectivity index (χ3n) is 7.85. The van der Waals surface area contributed by atoms with Gasteiger partial charge in [-0.3, -0.25) is 14.7 Å². The second-order valence-corrected chi connectivity index (χ2v) is 10.4. The molecule has 1 amide bonds. The summed E-state index contributed by atoms with van der Waals surface area (Å²) in [5, 5.41) is 0.772. The molecule has 1 unspecified atom stereocenters. The Morgan fingerprint density at radius 3 is 2.54 bits per heavy atom. The van der Waals surface area contributed by atoms with Crippen LogP contribution in [0, 0.1) is 0 Å². The summed E-state index contributed by atoms with van der Waals surface area (Å²) in [4.78, 5) is 36.7. The highest BCUT2D eigenvalue weighted by molar-refractivity contribution is 6.07. The monoisotopic (exact) mass is 519 g/mol. The normalized spacial score (nSPS) is 15.9. The number of nitrogens with zero attached hydrogens (tertiary/aromatic N) is 3. The molecule has 2 aliphatic rings. The number of amides is 1. The second-order valence-electron chi connectivity index (χ2n) is 10.4. The van der Waals surface area contributed by atoms with Crippen LogP contribution < -0.4 is 4.90 Å². The molecule has 1 atom stereocenters. The van der Waals surface area contributed by atoms with E-state index in [1.807, 2.05) is 67.6 Å². The molecule has 2 aliphatic heterocycles. The number of hydrogen-bond acceptors (Lipinski definition) is 5. The molecule has 4 aromatic rings. The van der Waals surface area contributed by atoms with Crippen molar-refractivity contribution < 1.29 is 14.3 Å². The minimum absolute atomic E-state index is 0.157. The van der Waals surface area contributed by atoms with Crippen LogP contribution in [-0.4, -0.2) is 41.0 Å². The maximum atomic E-state index is 14.0. The van der Waals surface area contributed by atoms with Crippen molar-refractivity contribution in [1.82, 2.24) is 9.88 Å². The number of rotatable bonds is 6. The maximum absolute atomic E-state index is 14.0.